The molecular formula is C8H8F2N3+. The summed E-state index contributed by atoms with van der Waals surface area (Å²) in [6.07, 6.45) is -1.09. The lowest BCUT2D eigenvalue weighted by Gasteiger charge is -2.14. The van der Waals surface area contributed by atoms with E-state index in [4.69, 9.17) is 5.73 Å². The lowest BCUT2D eigenvalue weighted by atomic mass is 10.2. The number of halogens is 2. The van der Waals surface area contributed by atoms with E-state index in [1.165, 1.54) is 10.8 Å². The maximum Gasteiger partial charge on any atom is 0.326 e. The van der Waals surface area contributed by atoms with E-state index in [9.17, 15) is 8.78 Å². The summed E-state index contributed by atoms with van der Waals surface area (Å²) in [6.45, 7) is 1.79. The summed E-state index contributed by atoms with van der Waals surface area (Å²) < 4.78 is 25.8. The highest BCUT2D eigenvalue weighted by molar-refractivity contribution is 5.85. The molecule has 0 saturated heterocycles. The van der Waals surface area contributed by atoms with Gasteiger partial charge in [-0.3, -0.25) is 0 Å². The van der Waals surface area contributed by atoms with Crippen molar-refractivity contribution in [3.05, 3.63) is 17.8 Å². The molecule has 0 radical (unpaired) electrons. The Labute approximate surface area is 73.5 Å². The van der Waals surface area contributed by atoms with E-state index >= 15 is 0 Å². The minimum atomic E-state index is -2.54. The number of pyridine rings is 1. The van der Waals surface area contributed by atoms with Crippen molar-refractivity contribution in [3.8, 4) is 0 Å². The second kappa shape index (κ2) is 2.48. The predicted octanol–water partition coefficient (Wildman–Crippen LogP) is 1.02. The van der Waals surface area contributed by atoms with Crippen LogP contribution in [0.5, 0.6) is 0 Å². The molecule has 0 unspecified atom stereocenters. The summed E-state index contributed by atoms with van der Waals surface area (Å²) in [4.78, 5) is 3.70. The van der Waals surface area contributed by atoms with Crippen molar-refractivity contribution in [2.75, 3.05) is 5.73 Å². The number of aliphatic imine (C=N–C) groups is 1. The van der Waals surface area contributed by atoms with Gasteiger partial charge in [0.15, 0.2) is 0 Å². The highest BCUT2D eigenvalue weighted by Crippen LogP contribution is 2.22. The van der Waals surface area contributed by atoms with Crippen LogP contribution >= 0.6 is 0 Å². The molecule has 1 aliphatic heterocycles. The average molecular weight is 184 g/mol. The Morgan fingerprint density at radius 3 is 2.85 bits per heavy atom. The molecule has 2 rings (SSSR count). The van der Waals surface area contributed by atoms with E-state index in [1.807, 2.05) is 0 Å². The third kappa shape index (κ3) is 1.07. The number of nitrogens with two attached hydrogens (primary N) is 1. The molecular weight excluding hydrogens is 176 g/mol. The lowest BCUT2D eigenvalue weighted by molar-refractivity contribution is -0.563. The zero-order valence-corrected chi connectivity index (χ0v) is 6.96. The fourth-order valence-electron chi connectivity index (χ4n) is 1.34. The molecule has 13 heavy (non-hydrogen) atoms. The van der Waals surface area contributed by atoms with Gasteiger partial charge in [0.25, 0.3) is 5.82 Å². The number of alkyl halides is 2. The molecule has 68 valence electrons. The molecule has 2 heterocycles. The van der Waals surface area contributed by atoms with E-state index in [1.54, 1.807) is 13.0 Å². The van der Waals surface area contributed by atoms with Crippen molar-refractivity contribution >= 4 is 17.3 Å². The van der Waals surface area contributed by atoms with Gasteiger partial charge in [0, 0.05) is 5.56 Å². The van der Waals surface area contributed by atoms with Crippen molar-refractivity contribution in [1.29, 1.82) is 0 Å². The van der Waals surface area contributed by atoms with Crippen LogP contribution < -0.4 is 10.3 Å². The smallest absolute Gasteiger partial charge is 0.326 e. The van der Waals surface area contributed by atoms with Gasteiger partial charge in [-0.1, -0.05) is 4.99 Å². The number of hydrogen-bond donors (Lipinski definition) is 1. The summed E-state index contributed by atoms with van der Waals surface area (Å²) in [7, 11) is 0. The number of aromatic nitrogens is 1. The second-order valence-electron chi connectivity index (χ2n) is 2.92. The van der Waals surface area contributed by atoms with Crippen molar-refractivity contribution < 1.29 is 13.3 Å². The molecule has 0 spiro atoms. The Balaban J connectivity index is 2.49. The van der Waals surface area contributed by atoms with Crippen molar-refractivity contribution in [2.45, 2.75) is 13.3 Å². The van der Waals surface area contributed by atoms with Gasteiger partial charge in [0.1, 0.15) is 0 Å². The van der Waals surface area contributed by atoms with Crippen LogP contribution in [0.1, 0.15) is 5.56 Å². The van der Waals surface area contributed by atoms with E-state index in [-0.39, 0.29) is 5.84 Å². The van der Waals surface area contributed by atoms with Crippen molar-refractivity contribution in [3.63, 3.8) is 0 Å². The quantitative estimate of drug-likeness (QED) is 0.650. The number of nitrogens with zero attached hydrogens (tertiary/aromatic N) is 2. The largest absolute Gasteiger partial charge is 0.396 e. The zero-order chi connectivity index (χ0) is 9.59. The maximum atomic E-state index is 12.2. The molecule has 1 aromatic rings. The van der Waals surface area contributed by atoms with Gasteiger partial charge < -0.3 is 5.73 Å². The fourth-order valence-corrected chi connectivity index (χ4v) is 1.34. The first-order valence-electron chi connectivity index (χ1n) is 3.78. The average Bonchev–Trinajstić information content (AvgIpc) is 1.95. The van der Waals surface area contributed by atoms with Crippen LogP contribution in [0.3, 0.4) is 0 Å². The third-order valence-corrected chi connectivity index (χ3v) is 1.90. The van der Waals surface area contributed by atoms with Crippen LogP contribution in [0.25, 0.3) is 0 Å². The van der Waals surface area contributed by atoms with Crippen LogP contribution in [0, 0.1) is 6.92 Å². The minimum Gasteiger partial charge on any atom is -0.396 e. The molecule has 0 atom stereocenters. The van der Waals surface area contributed by atoms with Gasteiger partial charge in [0.2, 0.25) is 0 Å². The summed E-state index contributed by atoms with van der Waals surface area (Å²) >= 11 is 0. The van der Waals surface area contributed by atoms with Gasteiger partial charge in [-0.25, -0.2) is 0 Å². The number of aryl methyl sites for hydroxylation is 1. The molecule has 0 aliphatic carbocycles. The Bertz CT molecular complexity index is 399. The summed E-state index contributed by atoms with van der Waals surface area (Å²) in [5.41, 5.74) is 6.78. The third-order valence-electron chi connectivity index (χ3n) is 1.90. The molecule has 0 aromatic carbocycles. The topological polar surface area (TPSA) is 42.3 Å². The van der Waals surface area contributed by atoms with E-state index in [0.717, 1.165) is 5.56 Å². The van der Waals surface area contributed by atoms with E-state index in [2.05, 4.69) is 4.99 Å². The van der Waals surface area contributed by atoms with Gasteiger partial charge >= 0.3 is 12.3 Å². The monoisotopic (exact) mass is 184 g/mol. The van der Waals surface area contributed by atoms with E-state index < -0.39 is 6.43 Å². The normalized spacial score (nSPS) is 13.7. The first-order valence-corrected chi connectivity index (χ1v) is 3.78. The summed E-state index contributed by atoms with van der Waals surface area (Å²) in [5.74, 6) is 0.329. The van der Waals surface area contributed by atoms with Gasteiger partial charge in [-0.2, -0.15) is 13.3 Å². The molecule has 3 nitrogen and oxygen atoms in total. The Morgan fingerprint density at radius 2 is 2.23 bits per heavy atom. The first-order chi connectivity index (χ1) is 6.09. The Hall–Kier alpha value is -1.52. The zero-order valence-electron chi connectivity index (χ0n) is 6.96. The molecule has 2 N–H and O–H groups in total. The van der Waals surface area contributed by atoms with Crippen LogP contribution in [0.15, 0.2) is 17.3 Å². The molecule has 0 amide bonds. The Kier molecular flexibility index (Phi) is 1.55. The van der Waals surface area contributed by atoms with Crippen LogP contribution in [-0.4, -0.2) is 12.3 Å². The lowest BCUT2D eigenvalue weighted by Crippen LogP contribution is -2.53. The number of nitrogen functional groups attached to an aromatic ring is 1. The predicted molar refractivity (Wildman–Crippen MR) is 44.3 cm³/mol. The Morgan fingerprint density at radius 1 is 1.54 bits per heavy atom. The maximum absolute atomic E-state index is 12.2. The van der Waals surface area contributed by atoms with Crippen LogP contribution in [0.4, 0.5) is 20.3 Å². The summed E-state index contributed by atoms with van der Waals surface area (Å²) in [5, 5.41) is 0. The van der Waals surface area contributed by atoms with E-state index in [0.29, 0.717) is 11.5 Å². The molecule has 5 heteroatoms. The van der Waals surface area contributed by atoms with Gasteiger partial charge in [0.05, 0.1) is 11.9 Å². The molecule has 1 aliphatic rings. The SMILES string of the molecule is Cc1cc(N)c[n+]2c1N=C2C(F)F. The number of hydrogen-bond acceptors (Lipinski definition) is 2. The first kappa shape index (κ1) is 8.10. The van der Waals surface area contributed by atoms with Crippen molar-refractivity contribution in [2.24, 2.45) is 4.99 Å². The second-order valence-corrected chi connectivity index (χ2v) is 2.92. The number of anilines is 1. The van der Waals surface area contributed by atoms with Crippen molar-refractivity contribution in [1.82, 2.24) is 0 Å². The van der Waals surface area contributed by atoms with Crippen LogP contribution in [-0.2, 0) is 0 Å². The molecule has 0 bridgehead atoms. The highest BCUT2D eigenvalue weighted by Gasteiger charge is 2.34. The fraction of sp³-hybridized carbons (Fsp3) is 0.250. The molecule has 1 aromatic heterocycles. The van der Waals surface area contributed by atoms with Gasteiger partial charge in [-0.15, -0.1) is 0 Å². The number of fused-ring (bicyclic) bond motifs is 1. The minimum absolute atomic E-state index is 0.231. The summed E-state index contributed by atoms with van der Waals surface area (Å²) in [6, 6.07) is 1.71. The highest BCUT2D eigenvalue weighted by atomic mass is 19.3. The molecule has 0 saturated carbocycles. The van der Waals surface area contributed by atoms with Gasteiger partial charge in [-0.05, 0) is 13.0 Å². The number of rotatable bonds is 1. The van der Waals surface area contributed by atoms with Crippen LogP contribution in [0.2, 0.25) is 0 Å². The molecule has 0 fully saturated rings. The standard InChI is InChI=1S/C8H8F2N3/c1-4-2-5(11)3-13-7(4)12-8(13)6(9)10/h2-3,6H,11H2,1H3/q+1.